The summed E-state index contributed by atoms with van der Waals surface area (Å²) < 4.78 is 11.5. The topological polar surface area (TPSA) is 99.9 Å². The van der Waals surface area contributed by atoms with E-state index in [0.29, 0.717) is 40.5 Å². The second kappa shape index (κ2) is 11.0. The van der Waals surface area contributed by atoms with Crippen LogP contribution in [-0.2, 0) is 9.59 Å². The van der Waals surface area contributed by atoms with E-state index in [1.807, 2.05) is 20.8 Å². The van der Waals surface area contributed by atoms with Crippen LogP contribution >= 0.6 is 0 Å². The molecule has 1 atom stereocenters. The molecular weight excluding hydrogens is 468 g/mol. The van der Waals surface area contributed by atoms with Crippen LogP contribution in [0.25, 0.3) is 5.76 Å². The number of aliphatic hydroxyl groups is 1. The predicted octanol–water partition coefficient (Wildman–Crippen LogP) is 5.76. The summed E-state index contributed by atoms with van der Waals surface area (Å²) in [5, 5.41) is 20.5. The molecule has 7 heteroatoms. The summed E-state index contributed by atoms with van der Waals surface area (Å²) in [4.78, 5) is 28.1. The number of ketones is 1. The predicted molar refractivity (Wildman–Crippen MR) is 140 cm³/mol. The minimum absolute atomic E-state index is 0.0294. The third-order valence-corrected chi connectivity index (χ3v) is 5.87. The standard InChI is InChI=1S/C30H28N2O5/c1-4-16-36-24-14-10-21(11-15-24)28(33)26-27(22-6-5-7-25(17-22)37-19(2)3)32(30(35)29(26)34)23-12-8-20(18-31)9-13-23/h5-15,17,19,27,33H,4,16H2,1-3H3/b28-26-. The first-order chi connectivity index (χ1) is 17.8. The van der Waals surface area contributed by atoms with Crippen molar-refractivity contribution >= 4 is 23.1 Å². The molecule has 1 unspecified atom stereocenters. The number of benzene rings is 3. The molecule has 0 aliphatic carbocycles. The molecule has 188 valence electrons. The number of nitrogens with zero attached hydrogens (tertiary/aromatic N) is 2. The molecule has 1 amide bonds. The van der Waals surface area contributed by atoms with Crippen LogP contribution in [0.1, 0.15) is 49.9 Å². The summed E-state index contributed by atoms with van der Waals surface area (Å²) in [5.74, 6) is -0.624. The number of aliphatic hydroxyl groups excluding tert-OH is 1. The van der Waals surface area contributed by atoms with Crippen LogP contribution in [0, 0.1) is 11.3 Å². The molecule has 3 aromatic rings. The zero-order chi connectivity index (χ0) is 26.5. The molecule has 1 heterocycles. The largest absolute Gasteiger partial charge is 0.507 e. The van der Waals surface area contributed by atoms with E-state index in [9.17, 15) is 20.0 Å². The maximum absolute atomic E-state index is 13.4. The summed E-state index contributed by atoms with van der Waals surface area (Å²) in [6, 6.07) is 21.4. The van der Waals surface area contributed by atoms with Gasteiger partial charge in [-0.1, -0.05) is 19.1 Å². The lowest BCUT2D eigenvalue weighted by atomic mass is 9.95. The molecule has 1 saturated heterocycles. The molecule has 3 aromatic carbocycles. The van der Waals surface area contributed by atoms with Gasteiger partial charge in [0.15, 0.2) is 0 Å². The molecule has 37 heavy (non-hydrogen) atoms. The Kier molecular flexibility index (Phi) is 7.59. The Hall–Kier alpha value is -4.57. The number of carbonyl (C=O) groups excluding carboxylic acids is 2. The van der Waals surface area contributed by atoms with Crippen LogP contribution in [0.5, 0.6) is 11.5 Å². The zero-order valence-corrected chi connectivity index (χ0v) is 21.0. The number of amides is 1. The molecule has 0 saturated carbocycles. The van der Waals surface area contributed by atoms with Crippen molar-refractivity contribution in [1.82, 2.24) is 0 Å². The molecule has 7 nitrogen and oxygen atoms in total. The molecule has 4 rings (SSSR count). The van der Waals surface area contributed by atoms with Crippen LogP contribution < -0.4 is 14.4 Å². The minimum Gasteiger partial charge on any atom is -0.507 e. The van der Waals surface area contributed by atoms with Crippen LogP contribution in [-0.4, -0.2) is 29.5 Å². The van der Waals surface area contributed by atoms with Gasteiger partial charge in [0.1, 0.15) is 17.3 Å². The van der Waals surface area contributed by atoms with Gasteiger partial charge in [-0.25, -0.2) is 0 Å². The first-order valence-electron chi connectivity index (χ1n) is 12.1. The van der Waals surface area contributed by atoms with E-state index in [4.69, 9.17) is 9.47 Å². The lowest BCUT2D eigenvalue weighted by molar-refractivity contribution is -0.132. The Bertz CT molecular complexity index is 1370. The average molecular weight is 497 g/mol. The molecule has 0 aromatic heterocycles. The SMILES string of the molecule is CCCOc1ccc(/C(O)=C2/C(=O)C(=O)N(c3ccc(C#N)cc3)C2c2cccc(OC(C)C)c2)cc1. The highest BCUT2D eigenvalue weighted by Crippen LogP contribution is 2.43. The van der Waals surface area contributed by atoms with Crippen molar-refractivity contribution in [3.63, 3.8) is 0 Å². The van der Waals surface area contributed by atoms with Gasteiger partial charge in [0.2, 0.25) is 0 Å². The lowest BCUT2D eigenvalue weighted by Crippen LogP contribution is -2.29. The molecule has 1 fully saturated rings. The quantitative estimate of drug-likeness (QED) is 0.242. The lowest BCUT2D eigenvalue weighted by Gasteiger charge is -2.26. The van der Waals surface area contributed by atoms with E-state index >= 15 is 0 Å². The van der Waals surface area contributed by atoms with E-state index in [1.165, 1.54) is 4.90 Å². The first-order valence-corrected chi connectivity index (χ1v) is 12.1. The van der Waals surface area contributed by atoms with Gasteiger partial charge in [-0.05, 0) is 86.5 Å². The number of hydrogen-bond acceptors (Lipinski definition) is 6. The van der Waals surface area contributed by atoms with Gasteiger partial charge in [0, 0.05) is 11.3 Å². The minimum atomic E-state index is -0.903. The number of anilines is 1. The van der Waals surface area contributed by atoms with Crippen LogP contribution in [0.3, 0.4) is 0 Å². The molecule has 0 bridgehead atoms. The molecule has 1 aliphatic heterocycles. The number of nitriles is 1. The van der Waals surface area contributed by atoms with Crippen molar-refractivity contribution in [3.05, 3.63) is 95.1 Å². The van der Waals surface area contributed by atoms with E-state index in [2.05, 4.69) is 6.07 Å². The smallest absolute Gasteiger partial charge is 0.300 e. The van der Waals surface area contributed by atoms with E-state index in [1.54, 1.807) is 72.8 Å². The van der Waals surface area contributed by atoms with Crippen LogP contribution in [0.2, 0.25) is 0 Å². The molecule has 0 spiro atoms. The third-order valence-electron chi connectivity index (χ3n) is 5.87. The molecular formula is C30H28N2O5. The van der Waals surface area contributed by atoms with Gasteiger partial charge < -0.3 is 14.6 Å². The van der Waals surface area contributed by atoms with Crippen molar-refractivity contribution in [2.75, 3.05) is 11.5 Å². The first kappa shape index (κ1) is 25.5. The summed E-state index contributed by atoms with van der Waals surface area (Å²) in [5.41, 5.74) is 1.82. The number of carbonyl (C=O) groups is 2. The number of Topliss-reactive ketones (excluding diaryl/α,β-unsaturated/α-hetero) is 1. The van der Waals surface area contributed by atoms with Crippen molar-refractivity contribution in [1.29, 1.82) is 5.26 Å². The third kappa shape index (κ3) is 5.34. The monoisotopic (exact) mass is 496 g/mol. The fraction of sp³-hybridized carbons (Fsp3) is 0.233. The number of ether oxygens (including phenoxy) is 2. The van der Waals surface area contributed by atoms with Gasteiger partial charge in [0.25, 0.3) is 11.7 Å². The summed E-state index contributed by atoms with van der Waals surface area (Å²) in [6.45, 7) is 6.39. The maximum atomic E-state index is 13.4. The Labute approximate surface area is 216 Å². The molecule has 1 N–H and O–H groups in total. The zero-order valence-electron chi connectivity index (χ0n) is 21.0. The van der Waals surface area contributed by atoms with Crippen molar-refractivity contribution < 1.29 is 24.2 Å². The highest BCUT2D eigenvalue weighted by molar-refractivity contribution is 6.51. The molecule has 1 aliphatic rings. The van der Waals surface area contributed by atoms with Gasteiger partial charge in [-0.2, -0.15) is 5.26 Å². The number of hydrogen-bond donors (Lipinski definition) is 1. The van der Waals surface area contributed by atoms with Gasteiger partial charge in [0.05, 0.1) is 36.0 Å². The highest BCUT2D eigenvalue weighted by atomic mass is 16.5. The van der Waals surface area contributed by atoms with Crippen molar-refractivity contribution in [2.45, 2.75) is 39.3 Å². The van der Waals surface area contributed by atoms with Gasteiger partial charge in [-0.15, -0.1) is 0 Å². The van der Waals surface area contributed by atoms with E-state index < -0.39 is 17.7 Å². The van der Waals surface area contributed by atoms with Gasteiger partial charge >= 0.3 is 0 Å². The normalized spacial score (nSPS) is 16.6. The van der Waals surface area contributed by atoms with Crippen LogP contribution in [0.15, 0.2) is 78.4 Å². The van der Waals surface area contributed by atoms with E-state index in [0.717, 1.165) is 6.42 Å². The van der Waals surface area contributed by atoms with Crippen molar-refractivity contribution in [3.8, 4) is 17.6 Å². The summed E-state index contributed by atoms with van der Waals surface area (Å²) >= 11 is 0. The fourth-order valence-electron chi connectivity index (χ4n) is 4.23. The van der Waals surface area contributed by atoms with Crippen molar-refractivity contribution in [2.24, 2.45) is 0 Å². The Balaban J connectivity index is 1.85. The number of rotatable bonds is 8. The Morgan fingerprint density at radius 3 is 2.35 bits per heavy atom. The molecule has 0 radical (unpaired) electrons. The summed E-state index contributed by atoms with van der Waals surface area (Å²) in [6.07, 6.45) is 0.786. The van der Waals surface area contributed by atoms with Crippen LogP contribution in [0.4, 0.5) is 5.69 Å². The average Bonchev–Trinajstić information content (AvgIpc) is 3.17. The maximum Gasteiger partial charge on any atom is 0.300 e. The Morgan fingerprint density at radius 2 is 1.73 bits per heavy atom. The second-order valence-corrected chi connectivity index (χ2v) is 8.94. The second-order valence-electron chi connectivity index (χ2n) is 8.94. The fourth-order valence-corrected chi connectivity index (χ4v) is 4.23. The van der Waals surface area contributed by atoms with Gasteiger partial charge in [-0.3, -0.25) is 14.5 Å². The Morgan fingerprint density at radius 1 is 1.03 bits per heavy atom. The summed E-state index contributed by atoms with van der Waals surface area (Å²) in [7, 11) is 0. The highest BCUT2D eigenvalue weighted by Gasteiger charge is 2.47. The van der Waals surface area contributed by atoms with E-state index in [-0.39, 0.29) is 17.4 Å².